The van der Waals surface area contributed by atoms with E-state index >= 15 is 0 Å². The zero-order chi connectivity index (χ0) is 49.4. The van der Waals surface area contributed by atoms with Crippen LogP contribution in [0.5, 0.6) is 57.5 Å². The monoisotopic (exact) mass is 1120 g/mol. The Hall–Kier alpha value is -8.60. The molecule has 0 fully saturated rings. The molecule has 0 radical (unpaired) electrons. The van der Waals surface area contributed by atoms with Gasteiger partial charge in [0.25, 0.3) is 11.8 Å². The third-order valence-electron chi connectivity index (χ3n) is 9.42. The molecule has 2 N–H and O–H groups in total. The summed E-state index contributed by atoms with van der Waals surface area (Å²) in [5.74, 6) is -5.65. The van der Waals surface area contributed by atoms with E-state index in [0.717, 1.165) is 66.9 Å². The second-order valence-electron chi connectivity index (χ2n) is 14.2. The largest absolute Gasteiger partial charge is 0.483 e. The number of aromatic nitrogens is 2. The van der Waals surface area contributed by atoms with Crippen LogP contribution in [0.15, 0.2) is 106 Å². The molecule has 1 aliphatic rings. The number of nitrogens with zero attached hydrogens (tertiary/aromatic N) is 6. The number of nitro benzene ring substituents is 4. The van der Waals surface area contributed by atoms with Gasteiger partial charge in [-0.2, -0.15) is 0 Å². The highest BCUT2D eigenvalue weighted by Gasteiger charge is 2.31. The number of carbonyl (C=O) groups is 2. The van der Waals surface area contributed by atoms with Crippen LogP contribution in [0.25, 0.3) is 20.4 Å². The Kier molecular flexibility index (Phi) is 12.7. The Morgan fingerprint density at radius 3 is 1.14 bits per heavy atom. The fraction of sp³-hybridized carbons (Fsp3) is 0.0476. The summed E-state index contributed by atoms with van der Waals surface area (Å²) < 4.78 is 38.3. The molecule has 0 atom stereocenters. The van der Waals surface area contributed by atoms with Crippen molar-refractivity contribution < 1.29 is 57.7 Å². The van der Waals surface area contributed by atoms with E-state index in [1.54, 1.807) is 24.3 Å². The molecule has 8 bridgehead atoms. The summed E-state index contributed by atoms with van der Waals surface area (Å²) in [5.41, 5.74) is -2.44. The minimum atomic E-state index is -0.965. The van der Waals surface area contributed by atoms with Gasteiger partial charge in [-0.05, 0) is 36.4 Å². The number of thiazole rings is 2. The predicted molar refractivity (Wildman–Crippen MR) is 256 cm³/mol. The van der Waals surface area contributed by atoms with Crippen molar-refractivity contribution in [2.24, 2.45) is 0 Å². The molecule has 0 unspecified atom stereocenters. The summed E-state index contributed by atoms with van der Waals surface area (Å²) in [4.78, 5) is 80.6. The topological polar surface area (TPSA) is 312 Å². The lowest BCUT2D eigenvalue weighted by Crippen LogP contribution is -2.20. The van der Waals surface area contributed by atoms with Gasteiger partial charge in [-0.15, -0.1) is 0 Å². The number of nitrogens with one attached hydrogen (secondary N) is 2. The van der Waals surface area contributed by atoms with Crippen molar-refractivity contribution >= 4 is 120 Å². The fourth-order valence-corrected chi connectivity index (χ4v) is 9.36. The van der Waals surface area contributed by atoms with Crippen molar-refractivity contribution in [3.05, 3.63) is 146 Å². The summed E-state index contributed by atoms with van der Waals surface area (Å²) >= 11 is 9.14. The molecule has 28 heteroatoms. The van der Waals surface area contributed by atoms with Crippen LogP contribution in [0.4, 0.5) is 33.0 Å². The van der Waals surface area contributed by atoms with Crippen molar-refractivity contribution in [3.8, 4) is 57.5 Å². The van der Waals surface area contributed by atoms with E-state index in [1.807, 2.05) is 12.1 Å². The maximum Gasteiger partial charge on any atom is 0.318 e. The quantitative estimate of drug-likeness (QED) is 0.0848. The number of hydrogen-bond donors (Lipinski definition) is 2. The highest BCUT2D eigenvalue weighted by atomic mass is 79.9. The summed E-state index contributed by atoms with van der Waals surface area (Å²) in [6, 6.07) is 20.3. The first-order valence-electron chi connectivity index (χ1n) is 19.4. The zero-order valence-electron chi connectivity index (χ0n) is 34.4. The SMILES string of the molecule is O=C(COc1cc2cc(c1)Oc1cc(c([N+](=O)[O-])cc1[N+](=O)[O-])Oc1cc(OCC(=O)Nc3nc4ccc(Br)cc4s3)cc(c1)Oc1cc(c([N+](=O)[O-])cc1[N+](=O)[O-])O2)Nc1nc2ccc(Br)cc2s1. The number of halogens is 2. The van der Waals surface area contributed by atoms with E-state index < -0.39 is 90.5 Å². The fourth-order valence-electron chi connectivity index (χ4n) is 6.49. The van der Waals surface area contributed by atoms with Gasteiger partial charge in [-0.25, -0.2) is 9.97 Å². The van der Waals surface area contributed by atoms with E-state index in [9.17, 15) is 50.0 Å². The summed E-state index contributed by atoms with van der Waals surface area (Å²) in [5, 5.41) is 55.3. The third-order valence-corrected chi connectivity index (χ3v) is 12.3. The van der Waals surface area contributed by atoms with Crippen molar-refractivity contribution in [2.45, 2.75) is 0 Å². The van der Waals surface area contributed by atoms with Crippen LogP contribution in [0, 0.1) is 40.5 Å². The van der Waals surface area contributed by atoms with Gasteiger partial charge >= 0.3 is 22.7 Å². The van der Waals surface area contributed by atoms with Gasteiger partial charge in [0.2, 0.25) is 23.0 Å². The molecule has 24 nitrogen and oxygen atoms in total. The molecule has 3 heterocycles. The van der Waals surface area contributed by atoms with Crippen LogP contribution in [-0.2, 0) is 9.59 Å². The Bertz CT molecular complexity index is 3190. The molecular weight excluding hydrogens is 1100 g/mol. The molecule has 6 aromatic carbocycles. The van der Waals surface area contributed by atoms with Gasteiger partial charge in [-0.3, -0.25) is 60.7 Å². The van der Waals surface area contributed by atoms with Crippen molar-refractivity contribution in [1.29, 1.82) is 0 Å². The maximum atomic E-state index is 13.1. The Balaban J connectivity index is 1.09. The number of ether oxygens (including phenoxy) is 6. The molecule has 9 rings (SSSR count). The molecule has 2 amide bonds. The van der Waals surface area contributed by atoms with Gasteiger partial charge in [0.05, 0.1) is 40.1 Å². The van der Waals surface area contributed by atoms with Gasteiger partial charge in [0.15, 0.2) is 23.5 Å². The highest BCUT2D eigenvalue weighted by molar-refractivity contribution is 9.10. The molecule has 0 saturated heterocycles. The van der Waals surface area contributed by atoms with E-state index in [0.29, 0.717) is 23.2 Å². The van der Waals surface area contributed by atoms with E-state index in [-0.39, 0.29) is 44.8 Å². The number of rotatable bonds is 12. The van der Waals surface area contributed by atoms with Crippen molar-refractivity contribution in [3.63, 3.8) is 0 Å². The minimum absolute atomic E-state index is 0.205. The number of fused-ring (bicyclic) bond motifs is 10. The molecule has 2 aromatic heterocycles. The second kappa shape index (κ2) is 19.2. The molecule has 8 aromatic rings. The average Bonchev–Trinajstić information content (AvgIpc) is 3.88. The summed E-state index contributed by atoms with van der Waals surface area (Å²) in [6.07, 6.45) is 0. The molecule has 352 valence electrons. The normalized spacial score (nSPS) is 11.6. The number of carbonyl (C=O) groups excluding carboxylic acids is 2. The summed E-state index contributed by atoms with van der Waals surface area (Å²) in [7, 11) is 0. The first-order valence-corrected chi connectivity index (χ1v) is 22.6. The van der Waals surface area contributed by atoms with Gasteiger partial charge in [-0.1, -0.05) is 54.5 Å². The van der Waals surface area contributed by atoms with Crippen molar-refractivity contribution in [2.75, 3.05) is 23.8 Å². The third kappa shape index (κ3) is 10.4. The van der Waals surface area contributed by atoms with Crippen LogP contribution in [0.1, 0.15) is 0 Å². The number of anilines is 2. The first kappa shape index (κ1) is 46.5. The van der Waals surface area contributed by atoms with Gasteiger partial charge in [0, 0.05) is 57.5 Å². The van der Waals surface area contributed by atoms with Crippen LogP contribution < -0.4 is 39.1 Å². The lowest BCUT2D eigenvalue weighted by Gasteiger charge is -2.16. The lowest BCUT2D eigenvalue weighted by molar-refractivity contribution is -0.395. The van der Waals surface area contributed by atoms with E-state index in [1.165, 1.54) is 22.7 Å². The van der Waals surface area contributed by atoms with E-state index in [4.69, 9.17) is 28.4 Å². The Morgan fingerprint density at radius 2 is 0.829 bits per heavy atom. The predicted octanol–water partition coefficient (Wildman–Crippen LogP) is 11.6. The molecule has 0 spiro atoms. The first-order chi connectivity index (χ1) is 33.5. The van der Waals surface area contributed by atoms with Crippen LogP contribution in [-0.4, -0.2) is 54.7 Å². The van der Waals surface area contributed by atoms with Gasteiger partial charge in [0.1, 0.15) is 46.6 Å². The number of hydrogen-bond acceptors (Lipinski definition) is 20. The van der Waals surface area contributed by atoms with Crippen LogP contribution >= 0.6 is 54.5 Å². The van der Waals surface area contributed by atoms with Crippen molar-refractivity contribution in [1.82, 2.24) is 9.97 Å². The Labute approximate surface area is 413 Å². The smallest absolute Gasteiger partial charge is 0.318 e. The maximum absolute atomic E-state index is 13.1. The number of nitro groups is 4. The van der Waals surface area contributed by atoms with E-state index in [2.05, 4.69) is 52.5 Å². The lowest BCUT2D eigenvalue weighted by atomic mass is 10.2. The second-order valence-corrected chi connectivity index (χ2v) is 18.1. The molecule has 0 aliphatic carbocycles. The molecule has 1 aliphatic heterocycles. The summed E-state index contributed by atoms with van der Waals surface area (Å²) in [6.45, 7) is -1.33. The molecule has 70 heavy (non-hydrogen) atoms. The zero-order valence-corrected chi connectivity index (χ0v) is 39.2. The number of amides is 2. The molecule has 0 saturated carbocycles. The standard InChI is InChI=1S/C42H22Br2N8O16S2/c43-19-1-3-27-37(5-19)69-41(45-27)47-39(53)17-63-21-7-23-11-24(8-21)66-34-16-36(32(52(61)62)14-30(34)50(57)58)68-26-10-22(64-18-40(54)48-42-46-28-4-2-20(44)6-38(28)70-42)9-25(12-26)67-35-15-33(65-23)29(49(55)56)13-31(35)51(59)60/h1-16H,17-18H2,(H,45,47,53)(H,46,48,54). The van der Waals surface area contributed by atoms with Gasteiger partial charge < -0.3 is 28.4 Å². The average molecular weight is 1120 g/mol. The number of benzene rings is 6. The highest BCUT2D eigenvalue weighted by Crippen LogP contribution is 2.48. The van der Waals surface area contributed by atoms with Crippen LogP contribution in [0.2, 0.25) is 0 Å². The Morgan fingerprint density at radius 1 is 0.500 bits per heavy atom. The van der Waals surface area contributed by atoms with Crippen LogP contribution in [0.3, 0.4) is 0 Å². The minimum Gasteiger partial charge on any atom is -0.483 e. The molecular formula is C42H22Br2N8O16S2.